The minimum atomic E-state index is -0.486. The zero-order chi connectivity index (χ0) is 13.1. The van der Waals surface area contributed by atoms with Crippen LogP contribution in [0.5, 0.6) is 5.75 Å². The first-order valence-corrected chi connectivity index (χ1v) is 5.60. The Hall–Kier alpha value is -1.88. The second-order valence-electron chi connectivity index (χ2n) is 3.72. The summed E-state index contributed by atoms with van der Waals surface area (Å²) in [5.41, 5.74) is 6.36. The van der Waals surface area contributed by atoms with Gasteiger partial charge in [-0.1, -0.05) is 11.6 Å². The van der Waals surface area contributed by atoms with Crippen LogP contribution in [-0.4, -0.2) is 9.97 Å². The highest BCUT2D eigenvalue weighted by Crippen LogP contribution is 2.21. The number of hydrogen-bond acceptors (Lipinski definition) is 4. The quantitative estimate of drug-likeness (QED) is 0.929. The maximum atomic E-state index is 12.9. The zero-order valence-electron chi connectivity index (χ0n) is 9.65. The predicted octanol–water partition coefficient (Wildman–Crippen LogP) is 2.74. The largest absolute Gasteiger partial charge is 0.486 e. The van der Waals surface area contributed by atoms with Crippen molar-refractivity contribution < 1.29 is 9.13 Å². The molecular weight excluding hydrogens is 257 g/mol. The lowest BCUT2D eigenvalue weighted by atomic mass is 10.3. The molecule has 0 radical (unpaired) electrons. The number of anilines is 1. The average molecular weight is 268 g/mol. The highest BCUT2D eigenvalue weighted by Gasteiger charge is 2.04. The van der Waals surface area contributed by atoms with Crippen LogP contribution >= 0.6 is 11.6 Å². The minimum absolute atomic E-state index is 0.0113. The standard InChI is InChI=1S/C12H11ClFN3O/c1-7-4-11(15)17-12(16-7)6-18-8-2-3-10(14)9(13)5-8/h2-5H,6H2,1H3,(H2,15,16,17). The third-order valence-electron chi connectivity index (χ3n) is 2.18. The number of nitrogens with zero attached hydrogens (tertiary/aromatic N) is 2. The lowest BCUT2D eigenvalue weighted by Crippen LogP contribution is -2.05. The van der Waals surface area contributed by atoms with Crippen LogP contribution in [0.15, 0.2) is 24.3 Å². The van der Waals surface area contributed by atoms with Crippen LogP contribution in [0.2, 0.25) is 5.02 Å². The number of ether oxygens (including phenoxy) is 1. The monoisotopic (exact) mass is 267 g/mol. The maximum Gasteiger partial charge on any atom is 0.168 e. The molecule has 0 aliphatic rings. The molecule has 0 unspecified atom stereocenters. The van der Waals surface area contributed by atoms with Crippen LogP contribution in [0.25, 0.3) is 0 Å². The lowest BCUT2D eigenvalue weighted by molar-refractivity contribution is 0.295. The van der Waals surface area contributed by atoms with Gasteiger partial charge in [-0.3, -0.25) is 0 Å². The first-order valence-electron chi connectivity index (χ1n) is 5.22. The fourth-order valence-corrected chi connectivity index (χ4v) is 1.61. The molecule has 2 N–H and O–H groups in total. The molecule has 6 heteroatoms. The number of aryl methyl sites for hydroxylation is 1. The summed E-state index contributed by atoms with van der Waals surface area (Å²) in [4.78, 5) is 8.19. The average Bonchev–Trinajstić information content (AvgIpc) is 2.29. The van der Waals surface area contributed by atoms with E-state index in [9.17, 15) is 4.39 Å². The van der Waals surface area contributed by atoms with Gasteiger partial charge in [0.2, 0.25) is 0 Å². The van der Waals surface area contributed by atoms with E-state index in [1.165, 1.54) is 18.2 Å². The third kappa shape index (κ3) is 3.07. The van der Waals surface area contributed by atoms with Crippen LogP contribution in [0.3, 0.4) is 0 Å². The summed E-state index contributed by atoms with van der Waals surface area (Å²) in [6.07, 6.45) is 0. The van der Waals surface area contributed by atoms with E-state index >= 15 is 0 Å². The number of aromatic nitrogens is 2. The van der Waals surface area contributed by atoms with Gasteiger partial charge in [0, 0.05) is 17.8 Å². The molecule has 0 aliphatic carbocycles. The van der Waals surface area contributed by atoms with E-state index in [1.807, 2.05) is 6.92 Å². The molecule has 2 rings (SSSR count). The van der Waals surface area contributed by atoms with Crippen molar-refractivity contribution in [3.63, 3.8) is 0 Å². The van der Waals surface area contributed by atoms with E-state index in [0.717, 1.165) is 5.69 Å². The van der Waals surface area contributed by atoms with Crippen molar-refractivity contribution in [2.45, 2.75) is 13.5 Å². The molecule has 4 nitrogen and oxygen atoms in total. The normalized spacial score (nSPS) is 10.4. The molecule has 0 saturated carbocycles. The van der Waals surface area contributed by atoms with Gasteiger partial charge in [-0.25, -0.2) is 14.4 Å². The molecule has 1 aromatic heterocycles. The zero-order valence-corrected chi connectivity index (χ0v) is 10.4. The van der Waals surface area contributed by atoms with Crippen molar-refractivity contribution in [3.05, 3.63) is 46.6 Å². The molecule has 0 aliphatic heterocycles. The van der Waals surface area contributed by atoms with Gasteiger partial charge in [0.05, 0.1) is 5.02 Å². The molecule has 0 saturated heterocycles. The van der Waals surface area contributed by atoms with Crippen LogP contribution in [0.4, 0.5) is 10.2 Å². The Morgan fingerprint density at radius 1 is 1.33 bits per heavy atom. The van der Waals surface area contributed by atoms with Crippen molar-refractivity contribution >= 4 is 17.4 Å². The Morgan fingerprint density at radius 2 is 2.11 bits per heavy atom. The van der Waals surface area contributed by atoms with Crippen LogP contribution < -0.4 is 10.5 Å². The summed E-state index contributed by atoms with van der Waals surface area (Å²) in [5, 5.41) is 0.0113. The van der Waals surface area contributed by atoms with Crippen molar-refractivity contribution in [3.8, 4) is 5.75 Å². The first kappa shape index (κ1) is 12.6. The van der Waals surface area contributed by atoms with Crippen molar-refractivity contribution in [2.24, 2.45) is 0 Å². The Morgan fingerprint density at radius 3 is 2.78 bits per heavy atom. The molecule has 94 valence electrons. The topological polar surface area (TPSA) is 61.0 Å². The second kappa shape index (κ2) is 5.18. The van der Waals surface area contributed by atoms with E-state index in [1.54, 1.807) is 6.07 Å². The van der Waals surface area contributed by atoms with Gasteiger partial charge < -0.3 is 10.5 Å². The Labute approximate surface area is 109 Å². The molecule has 1 heterocycles. The lowest BCUT2D eigenvalue weighted by Gasteiger charge is -2.07. The van der Waals surface area contributed by atoms with Gasteiger partial charge in [-0.15, -0.1) is 0 Å². The van der Waals surface area contributed by atoms with Gasteiger partial charge in [0.1, 0.15) is 24.0 Å². The van der Waals surface area contributed by atoms with E-state index in [4.69, 9.17) is 22.1 Å². The number of halogens is 2. The number of nitrogens with two attached hydrogens (primary N) is 1. The molecule has 0 atom stereocenters. The Balaban J connectivity index is 2.08. The van der Waals surface area contributed by atoms with Crippen molar-refractivity contribution in [1.82, 2.24) is 9.97 Å². The van der Waals surface area contributed by atoms with E-state index < -0.39 is 5.82 Å². The number of benzene rings is 1. The number of nitrogen functional groups attached to an aromatic ring is 1. The van der Waals surface area contributed by atoms with E-state index in [-0.39, 0.29) is 11.6 Å². The van der Waals surface area contributed by atoms with E-state index in [2.05, 4.69) is 9.97 Å². The molecule has 18 heavy (non-hydrogen) atoms. The Bertz CT molecular complexity index is 557. The maximum absolute atomic E-state index is 12.9. The number of hydrogen-bond donors (Lipinski definition) is 1. The predicted molar refractivity (Wildman–Crippen MR) is 66.9 cm³/mol. The summed E-state index contributed by atoms with van der Waals surface area (Å²) < 4.78 is 18.3. The van der Waals surface area contributed by atoms with Gasteiger partial charge in [0.15, 0.2) is 5.82 Å². The van der Waals surface area contributed by atoms with Gasteiger partial charge >= 0.3 is 0 Å². The smallest absolute Gasteiger partial charge is 0.168 e. The fourth-order valence-electron chi connectivity index (χ4n) is 1.44. The summed E-state index contributed by atoms with van der Waals surface area (Å²) in [6.45, 7) is 1.96. The first-order chi connectivity index (χ1) is 8.54. The molecule has 0 spiro atoms. The van der Waals surface area contributed by atoms with Crippen molar-refractivity contribution in [2.75, 3.05) is 5.73 Å². The molecule has 1 aromatic carbocycles. The third-order valence-corrected chi connectivity index (χ3v) is 2.47. The van der Waals surface area contributed by atoms with Gasteiger partial charge in [-0.05, 0) is 19.1 Å². The molecule has 0 bridgehead atoms. The van der Waals surface area contributed by atoms with Crippen LogP contribution in [0, 0.1) is 12.7 Å². The molecular formula is C12H11ClFN3O. The molecule has 2 aromatic rings. The minimum Gasteiger partial charge on any atom is -0.486 e. The van der Waals surface area contributed by atoms with Gasteiger partial charge in [-0.2, -0.15) is 0 Å². The summed E-state index contributed by atoms with van der Waals surface area (Å²) in [6, 6.07) is 5.79. The number of rotatable bonds is 3. The summed E-state index contributed by atoms with van der Waals surface area (Å²) in [7, 11) is 0. The molecule has 0 fully saturated rings. The summed E-state index contributed by atoms with van der Waals surface area (Å²) >= 11 is 5.64. The van der Waals surface area contributed by atoms with Crippen molar-refractivity contribution in [1.29, 1.82) is 0 Å². The second-order valence-corrected chi connectivity index (χ2v) is 4.12. The highest BCUT2D eigenvalue weighted by molar-refractivity contribution is 6.30. The van der Waals surface area contributed by atoms with E-state index in [0.29, 0.717) is 17.4 Å². The SMILES string of the molecule is Cc1cc(N)nc(COc2ccc(F)c(Cl)c2)n1. The van der Waals surface area contributed by atoms with Crippen LogP contribution in [0.1, 0.15) is 11.5 Å². The summed E-state index contributed by atoms with van der Waals surface area (Å²) in [5.74, 6) is 0.816. The van der Waals surface area contributed by atoms with Gasteiger partial charge in [0.25, 0.3) is 0 Å². The van der Waals surface area contributed by atoms with Crippen LogP contribution in [-0.2, 0) is 6.61 Å². The molecule has 0 amide bonds. The fraction of sp³-hybridized carbons (Fsp3) is 0.167. The highest BCUT2D eigenvalue weighted by atomic mass is 35.5. The Kier molecular flexibility index (Phi) is 3.62.